The van der Waals surface area contributed by atoms with Gasteiger partial charge >= 0.3 is 59.1 Å². The molecule has 0 spiro atoms. The molecule has 0 heterocycles. The van der Waals surface area contributed by atoms with E-state index in [1.165, 1.54) is 37.7 Å². The molecule has 0 radical (unpaired) electrons. The molecule has 0 saturated heterocycles. The maximum atomic E-state index is 11.2. The summed E-state index contributed by atoms with van der Waals surface area (Å²) in [5.74, 6) is 3.41. The Balaban J connectivity index is 0.00000216. The summed E-state index contributed by atoms with van der Waals surface area (Å²) in [5, 5.41) is 10.2. The molecule has 0 bridgehead atoms. The van der Waals surface area contributed by atoms with E-state index in [4.69, 9.17) is 4.52 Å². The number of hydrogen-bond acceptors (Lipinski definition) is 5. The van der Waals surface area contributed by atoms with Crippen molar-refractivity contribution in [3.63, 3.8) is 0 Å². The van der Waals surface area contributed by atoms with Crippen molar-refractivity contribution in [3.8, 4) is 0 Å². The number of phosphoric acid groups is 1. The molecule has 0 aromatic rings. The van der Waals surface area contributed by atoms with Crippen molar-refractivity contribution in [3.05, 3.63) is 11.6 Å². The zero-order valence-corrected chi connectivity index (χ0v) is 28.2. The van der Waals surface area contributed by atoms with Gasteiger partial charge in [0.2, 0.25) is 0 Å². The number of aliphatic hydroxyl groups is 1. The number of phosphoric ester groups is 1. The van der Waals surface area contributed by atoms with E-state index in [0.29, 0.717) is 23.7 Å². The molecular weight excluding hydrogens is 481 g/mol. The average Bonchev–Trinajstić information content (AvgIpc) is 3.07. The van der Waals surface area contributed by atoms with Crippen LogP contribution < -0.4 is 68.9 Å². The molecule has 9 atom stereocenters. The summed E-state index contributed by atoms with van der Waals surface area (Å²) >= 11 is 0. The van der Waals surface area contributed by atoms with Gasteiger partial charge in [0.25, 0.3) is 0 Å². The van der Waals surface area contributed by atoms with E-state index >= 15 is 0 Å². The smallest absolute Gasteiger partial charge is 0.790 e. The molecule has 0 aliphatic heterocycles. The summed E-state index contributed by atoms with van der Waals surface area (Å²) in [6.07, 6.45) is 12.6. The van der Waals surface area contributed by atoms with Gasteiger partial charge in [0.05, 0.1) is 20.0 Å². The van der Waals surface area contributed by atoms with Gasteiger partial charge in [0.15, 0.2) is 0 Å². The van der Waals surface area contributed by atoms with Crippen LogP contribution in [0.2, 0.25) is 0 Å². The van der Waals surface area contributed by atoms with Crippen LogP contribution in [0.5, 0.6) is 0 Å². The summed E-state index contributed by atoms with van der Waals surface area (Å²) < 4.78 is 16.1. The van der Waals surface area contributed by atoms with E-state index in [1.54, 1.807) is 0 Å². The molecule has 1 N–H and O–H groups in total. The summed E-state index contributed by atoms with van der Waals surface area (Å²) in [4.78, 5) is 22.4. The molecule has 3 saturated carbocycles. The zero-order valence-electron chi connectivity index (χ0n) is 23.3. The van der Waals surface area contributed by atoms with Gasteiger partial charge in [-0.15, -0.1) is 0 Å². The van der Waals surface area contributed by atoms with Gasteiger partial charge in [-0.1, -0.05) is 46.3 Å². The van der Waals surface area contributed by atoms with Gasteiger partial charge in [-0.25, -0.2) is 0 Å². The van der Waals surface area contributed by atoms with Gasteiger partial charge in [0, 0.05) is 0 Å². The Bertz CT molecular complexity index is 800. The van der Waals surface area contributed by atoms with E-state index < -0.39 is 13.9 Å². The maximum Gasteiger partial charge on any atom is 1.00 e. The van der Waals surface area contributed by atoms with Crippen molar-refractivity contribution in [2.24, 2.45) is 46.3 Å². The summed E-state index contributed by atoms with van der Waals surface area (Å²) in [7, 11) is -4.96. The Hall–Kier alpha value is 1.81. The first-order chi connectivity index (χ1) is 15.3. The first-order valence-electron chi connectivity index (χ1n) is 13.4. The Morgan fingerprint density at radius 2 is 1.74 bits per heavy atom. The molecule has 5 nitrogen and oxygen atoms in total. The molecular formula is C27H45Na2O5P. The molecule has 0 aromatic heterocycles. The third kappa shape index (κ3) is 6.76. The molecule has 35 heavy (non-hydrogen) atoms. The van der Waals surface area contributed by atoms with Crippen molar-refractivity contribution < 1.29 is 83.1 Å². The van der Waals surface area contributed by atoms with E-state index in [1.807, 2.05) is 13.8 Å². The number of allylic oxidation sites excluding steroid dienone is 1. The van der Waals surface area contributed by atoms with Crippen molar-refractivity contribution >= 4 is 7.82 Å². The molecule has 0 aromatic carbocycles. The van der Waals surface area contributed by atoms with Crippen molar-refractivity contribution in [1.82, 2.24) is 0 Å². The quantitative estimate of drug-likeness (QED) is 0.267. The molecule has 4 rings (SSSR count). The Morgan fingerprint density at radius 1 is 1.06 bits per heavy atom. The fourth-order valence-corrected chi connectivity index (χ4v) is 9.60. The SMILES string of the molecule is CC(C)C(CC[C@@H](C)[C@H]1CC[C@H]2[C@@H]3CC=C4C[C@@H](O)CC[C@]4(C)[C@H]3CC[C@]12C)OP(=O)([O-])[O-].[Na+].[Na+]. The minimum Gasteiger partial charge on any atom is -0.790 e. The van der Waals surface area contributed by atoms with E-state index in [9.17, 15) is 19.5 Å². The molecule has 8 heteroatoms. The topological polar surface area (TPSA) is 92.7 Å². The Labute approximate surface area is 257 Å². The monoisotopic (exact) mass is 526 g/mol. The zero-order chi connectivity index (χ0) is 24.2. The van der Waals surface area contributed by atoms with Crippen LogP contribution in [-0.4, -0.2) is 17.3 Å². The van der Waals surface area contributed by atoms with Gasteiger partial charge in [-0.3, -0.25) is 0 Å². The number of hydrogen-bond donors (Lipinski definition) is 1. The number of fused-ring (bicyclic) bond motifs is 5. The molecule has 3 fully saturated rings. The van der Waals surface area contributed by atoms with Crippen LogP contribution in [0.1, 0.15) is 98.8 Å². The second kappa shape index (κ2) is 12.5. The Morgan fingerprint density at radius 3 is 2.37 bits per heavy atom. The van der Waals surface area contributed by atoms with Crippen molar-refractivity contribution in [2.75, 3.05) is 0 Å². The summed E-state index contributed by atoms with van der Waals surface area (Å²) in [6.45, 7) is 11.2. The predicted octanol–water partition coefficient (Wildman–Crippen LogP) is -0.779. The largest absolute Gasteiger partial charge is 1.00 e. The van der Waals surface area contributed by atoms with Gasteiger partial charge in [-0.05, 0) is 111 Å². The van der Waals surface area contributed by atoms with E-state index in [-0.39, 0.29) is 76.6 Å². The van der Waals surface area contributed by atoms with Crippen LogP contribution in [-0.2, 0) is 9.09 Å². The second-order valence-corrected chi connectivity index (χ2v) is 13.9. The normalized spacial score (nSPS) is 40.4. The minimum absolute atomic E-state index is 0. The number of rotatable bonds is 7. The predicted molar refractivity (Wildman–Crippen MR) is 127 cm³/mol. The molecule has 1 unspecified atom stereocenters. The molecule has 0 amide bonds. The van der Waals surface area contributed by atoms with Crippen LogP contribution in [0.4, 0.5) is 0 Å². The first-order valence-corrected chi connectivity index (χ1v) is 14.9. The first kappa shape index (κ1) is 33.0. The van der Waals surface area contributed by atoms with Crippen molar-refractivity contribution in [1.29, 1.82) is 0 Å². The second-order valence-electron chi connectivity index (χ2n) is 12.8. The summed E-state index contributed by atoms with van der Waals surface area (Å²) in [5.41, 5.74) is 2.15. The molecule has 4 aliphatic rings. The average molecular weight is 527 g/mol. The van der Waals surface area contributed by atoms with Gasteiger partial charge in [-0.2, -0.15) is 0 Å². The van der Waals surface area contributed by atoms with Crippen LogP contribution >= 0.6 is 7.82 Å². The summed E-state index contributed by atoms with van der Waals surface area (Å²) in [6, 6.07) is 0. The third-order valence-corrected chi connectivity index (χ3v) is 11.3. The minimum atomic E-state index is -4.96. The van der Waals surface area contributed by atoms with Crippen LogP contribution in [0.3, 0.4) is 0 Å². The third-order valence-electron chi connectivity index (χ3n) is 10.8. The van der Waals surface area contributed by atoms with E-state index in [2.05, 4.69) is 26.8 Å². The van der Waals surface area contributed by atoms with E-state index in [0.717, 1.165) is 43.4 Å². The van der Waals surface area contributed by atoms with Gasteiger partial charge in [0.1, 0.15) is 0 Å². The van der Waals surface area contributed by atoms with Crippen LogP contribution in [0, 0.1) is 46.3 Å². The molecule has 190 valence electrons. The maximum absolute atomic E-state index is 11.2. The van der Waals surface area contributed by atoms with Crippen LogP contribution in [0.15, 0.2) is 11.6 Å². The standard InChI is InChI=1S/C27H47O5P.2Na/c1-17(2)25(32-33(29,30)31)11-6-18(3)22-9-10-23-21-8-7-19-16-20(28)12-14-26(19,4)24(21)13-15-27(22,23)5;;/h7,17-18,20-25,28H,6,8-16H2,1-5H3,(H2,29,30,31);;/q;2*+1/p-2/t18-,20+,21+,22-,23+,24+,25?,26+,27-;;/m1../s1. The van der Waals surface area contributed by atoms with Crippen molar-refractivity contribution in [2.45, 2.75) is 111 Å². The number of aliphatic hydroxyl groups excluding tert-OH is 1. The molecule has 4 aliphatic carbocycles. The van der Waals surface area contributed by atoms with Crippen LogP contribution in [0.25, 0.3) is 0 Å². The fourth-order valence-electron chi connectivity index (χ4n) is 8.92. The van der Waals surface area contributed by atoms with Gasteiger partial charge < -0.3 is 24.0 Å². The fraction of sp³-hybridized carbons (Fsp3) is 0.926. The Kier molecular flexibility index (Phi) is 11.8.